The van der Waals surface area contributed by atoms with E-state index in [1.165, 1.54) is 0 Å². The maximum absolute atomic E-state index is 11.9. The van der Waals surface area contributed by atoms with Gasteiger partial charge in [0.2, 0.25) is 0 Å². The number of rotatable bonds is 4. The third-order valence-electron chi connectivity index (χ3n) is 2.65. The average Bonchev–Trinajstić information content (AvgIpc) is 2.28. The Morgan fingerprint density at radius 2 is 1.88 bits per heavy atom. The highest BCUT2D eigenvalue weighted by Crippen LogP contribution is 2.11. The van der Waals surface area contributed by atoms with E-state index in [1.54, 1.807) is 24.3 Å². The molecular weight excluding hydrogens is 202 g/mol. The van der Waals surface area contributed by atoms with Crippen molar-refractivity contribution in [1.82, 2.24) is 5.32 Å². The smallest absolute Gasteiger partial charge is 0.251 e. The Hall–Kier alpha value is -1.55. The summed E-state index contributed by atoms with van der Waals surface area (Å²) < 4.78 is 0. The molecule has 88 valence electrons. The number of amides is 1. The van der Waals surface area contributed by atoms with Crippen molar-refractivity contribution in [2.75, 3.05) is 5.43 Å². The van der Waals surface area contributed by atoms with Crippen LogP contribution in [-0.2, 0) is 0 Å². The summed E-state index contributed by atoms with van der Waals surface area (Å²) >= 11 is 0. The van der Waals surface area contributed by atoms with E-state index in [4.69, 9.17) is 5.84 Å². The molecule has 1 rings (SSSR count). The van der Waals surface area contributed by atoms with Crippen LogP contribution in [0.1, 0.15) is 37.6 Å². The van der Waals surface area contributed by atoms with E-state index >= 15 is 0 Å². The predicted molar refractivity (Wildman–Crippen MR) is 66.1 cm³/mol. The maximum Gasteiger partial charge on any atom is 0.251 e. The average molecular weight is 221 g/mol. The summed E-state index contributed by atoms with van der Waals surface area (Å²) in [6.45, 7) is 6.04. The van der Waals surface area contributed by atoms with Crippen molar-refractivity contribution < 1.29 is 4.79 Å². The molecule has 0 aromatic heterocycles. The lowest BCUT2D eigenvalue weighted by atomic mass is 10.0. The Morgan fingerprint density at radius 1 is 1.31 bits per heavy atom. The molecule has 1 aromatic rings. The first-order chi connectivity index (χ1) is 7.48. The second-order valence-corrected chi connectivity index (χ2v) is 4.41. The van der Waals surface area contributed by atoms with Crippen LogP contribution in [0.3, 0.4) is 0 Å². The number of carbonyl (C=O) groups excluding carboxylic acids is 1. The quantitative estimate of drug-likeness (QED) is 0.537. The number of carbonyl (C=O) groups is 1. The highest BCUT2D eigenvalue weighted by Gasteiger charge is 2.18. The van der Waals surface area contributed by atoms with Crippen LogP contribution >= 0.6 is 0 Å². The van der Waals surface area contributed by atoms with Gasteiger partial charge in [-0.3, -0.25) is 10.6 Å². The second-order valence-electron chi connectivity index (χ2n) is 4.41. The minimum absolute atomic E-state index is 0.0598. The standard InChI is InChI=1S/C12H19N3O/c1-4-12(2,3)14-11(16)9-5-7-10(15-13)8-6-9/h5-8,15H,4,13H2,1-3H3,(H,14,16). The molecule has 0 atom stereocenters. The Kier molecular flexibility index (Phi) is 3.90. The molecule has 0 spiro atoms. The van der Waals surface area contributed by atoms with Crippen LogP contribution in [0.15, 0.2) is 24.3 Å². The van der Waals surface area contributed by atoms with Gasteiger partial charge in [-0.15, -0.1) is 0 Å². The predicted octanol–water partition coefficient (Wildman–Crippen LogP) is 1.89. The van der Waals surface area contributed by atoms with Gasteiger partial charge in [0.25, 0.3) is 5.91 Å². The molecule has 1 amide bonds. The zero-order valence-electron chi connectivity index (χ0n) is 10.0. The summed E-state index contributed by atoms with van der Waals surface area (Å²) in [4.78, 5) is 11.9. The highest BCUT2D eigenvalue weighted by atomic mass is 16.1. The van der Waals surface area contributed by atoms with E-state index in [0.717, 1.165) is 12.1 Å². The maximum atomic E-state index is 11.9. The van der Waals surface area contributed by atoms with Crippen molar-refractivity contribution in [2.24, 2.45) is 5.84 Å². The fourth-order valence-corrected chi connectivity index (χ4v) is 1.19. The van der Waals surface area contributed by atoms with Gasteiger partial charge >= 0.3 is 0 Å². The fraction of sp³-hybridized carbons (Fsp3) is 0.417. The number of hydrogen-bond donors (Lipinski definition) is 3. The third-order valence-corrected chi connectivity index (χ3v) is 2.65. The zero-order valence-corrected chi connectivity index (χ0v) is 10.0. The number of hydrazine groups is 1. The van der Waals surface area contributed by atoms with Crippen molar-refractivity contribution in [1.29, 1.82) is 0 Å². The van der Waals surface area contributed by atoms with E-state index in [9.17, 15) is 4.79 Å². The van der Waals surface area contributed by atoms with Gasteiger partial charge in [0.1, 0.15) is 0 Å². The largest absolute Gasteiger partial charge is 0.347 e. The Balaban J connectivity index is 2.73. The molecule has 4 N–H and O–H groups in total. The summed E-state index contributed by atoms with van der Waals surface area (Å²) in [5.74, 6) is 5.19. The van der Waals surface area contributed by atoms with Crippen molar-refractivity contribution in [3.8, 4) is 0 Å². The minimum atomic E-state index is -0.179. The molecule has 0 saturated heterocycles. The molecule has 0 saturated carbocycles. The molecule has 0 aliphatic carbocycles. The minimum Gasteiger partial charge on any atom is -0.347 e. The summed E-state index contributed by atoms with van der Waals surface area (Å²) in [7, 11) is 0. The third kappa shape index (κ3) is 3.24. The van der Waals surface area contributed by atoms with Crippen LogP contribution in [0, 0.1) is 0 Å². The van der Waals surface area contributed by atoms with Crippen LogP contribution in [0.2, 0.25) is 0 Å². The zero-order chi connectivity index (χ0) is 12.2. The molecule has 0 fully saturated rings. The van der Waals surface area contributed by atoms with Gasteiger partial charge in [0, 0.05) is 16.8 Å². The summed E-state index contributed by atoms with van der Waals surface area (Å²) in [6, 6.07) is 7.04. The molecule has 0 unspecified atom stereocenters. The summed E-state index contributed by atoms with van der Waals surface area (Å²) in [5, 5.41) is 2.97. The van der Waals surface area contributed by atoms with Gasteiger partial charge < -0.3 is 10.7 Å². The number of nitrogens with one attached hydrogen (secondary N) is 2. The van der Waals surface area contributed by atoms with Crippen LogP contribution in [0.5, 0.6) is 0 Å². The van der Waals surface area contributed by atoms with E-state index in [0.29, 0.717) is 5.56 Å². The van der Waals surface area contributed by atoms with Crippen LogP contribution in [-0.4, -0.2) is 11.4 Å². The number of nitrogens with two attached hydrogens (primary N) is 1. The molecular formula is C12H19N3O. The Labute approximate surface area is 96.2 Å². The van der Waals surface area contributed by atoms with E-state index in [1.807, 2.05) is 20.8 Å². The van der Waals surface area contributed by atoms with Gasteiger partial charge in [0.05, 0.1) is 0 Å². The number of hydrogen-bond acceptors (Lipinski definition) is 3. The van der Waals surface area contributed by atoms with E-state index in [2.05, 4.69) is 10.7 Å². The Morgan fingerprint density at radius 3 is 2.31 bits per heavy atom. The molecule has 16 heavy (non-hydrogen) atoms. The van der Waals surface area contributed by atoms with Crippen molar-refractivity contribution in [3.63, 3.8) is 0 Å². The molecule has 4 nitrogen and oxygen atoms in total. The molecule has 0 radical (unpaired) electrons. The lowest BCUT2D eigenvalue weighted by Gasteiger charge is -2.24. The van der Waals surface area contributed by atoms with Crippen molar-refractivity contribution in [2.45, 2.75) is 32.7 Å². The van der Waals surface area contributed by atoms with Gasteiger partial charge in [-0.1, -0.05) is 6.92 Å². The molecule has 0 heterocycles. The first kappa shape index (κ1) is 12.5. The van der Waals surface area contributed by atoms with E-state index in [-0.39, 0.29) is 11.4 Å². The van der Waals surface area contributed by atoms with Crippen molar-refractivity contribution in [3.05, 3.63) is 29.8 Å². The van der Waals surface area contributed by atoms with Gasteiger partial charge in [-0.2, -0.15) is 0 Å². The second kappa shape index (κ2) is 4.99. The monoisotopic (exact) mass is 221 g/mol. The van der Waals surface area contributed by atoms with Gasteiger partial charge in [0.15, 0.2) is 0 Å². The van der Waals surface area contributed by atoms with Crippen LogP contribution < -0.4 is 16.6 Å². The lowest BCUT2D eigenvalue weighted by molar-refractivity contribution is 0.0911. The first-order valence-corrected chi connectivity index (χ1v) is 5.37. The molecule has 4 heteroatoms. The normalized spacial score (nSPS) is 11.0. The summed E-state index contributed by atoms with van der Waals surface area (Å²) in [5.41, 5.74) is 3.77. The molecule has 0 aliphatic heterocycles. The van der Waals surface area contributed by atoms with Crippen LogP contribution in [0.4, 0.5) is 5.69 Å². The number of anilines is 1. The molecule has 0 aliphatic rings. The number of benzene rings is 1. The first-order valence-electron chi connectivity index (χ1n) is 5.37. The topological polar surface area (TPSA) is 67.2 Å². The van der Waals surface area contributed by atoms with Crippen LogP contribution in [0.25, 0.3) is 0 Å². The summed E-state index contributed by atoms with van der Waals surface area (Å²) in [6.07, 6.45) is 0.890. The van der Waals surface area contributed by atoms with Crippen molar-refractivity contribution >= 4 is 11.6 Å². The van der Waals surface area contributed by atoms with Gasteiger partial charge in [-0.05, 0) is 44.5 Å². The molecule has 1 aromatic carbocycles. The van der Waals surface area contributed by atoms with E-state index < -0.39 is 0 Å². The fourth-order valence-electron chi connectivity index (χ4n) is 1.19. The number of nitrogen functional groups attached to an aromatic ring is 1. The van der Waals surface area contributed by atoms with Gasteiger partial charge in [-0.25, -0.2) is 0 Å². The molecule has 0 bridgehead atoms. The lowest BCUT2D eigenvalue weighted by Crippen LogP contribution is -2.42. The highest BCUT2D eigenvalue weighted by molar-refractivity contribution is 5.94. The SMILES string of the molecule is CCC(C)(C)NC(=O)c1ccc(NN)cc1. The Bertz CT molecular complexity index is 357.